The van der Waals surface area contributed by atoms with Crippen LogP contribution in [0.1, 0.15) is 63.8 Å². The maximum absolute atomic E-state index is 2.69. The lowest BCUT2D eigenvalue weighted by Crippen LogP contribution is -2.47. The predicted molar refractivity (Wildman–Crippen MR) is 173 cm³/mol. The van der Waals surface area contributed by atoms with Crippen molar-refractivity contribution in [3.8, 4) is 33.4 Å². The zero-order valence-electron chi connectivity index (χ0n) is 24.9. The molecule has 0 saturated heterocycles. The van der Waals surface area contributed by atoms with Crippen LogP contribution >= 0.6 is 0 Å². The summed E-state index contributed by atoms with van der Waals surface area (Å²) < 4.78 is 0. The summed E-state index contributed by atoms with van der Waals surface area (Å²) in [6, 6.07) is 41.0. The minimum Gasteiger partial charge on any atom is -0.336 e. The van der Waals surface area contributed by atoms with E-state index in [9.17, 15) is 0 Å². The van der Waals surface area contributed by atoms with Crippen molar-refractivity contribution < 1.29 is 0 Å². The third-order valence-corrected chi connectivity index (χ3v) is 10.5. The van der Waals surface area contributed by atoms with E-state index in [1.807, 2.05) is 0 Å². The molecule has 0 saturated carbocycles. The molecule has 2 aliphatic heterocycles. The molecule has 5 aromatic carbocycles. The van der Waals surface area contributed by atoms with E-state index in [0.29, 0.717) is 6.04 Å². The van der Waals surface area contributed by atoms with Gasteiger partial charge in [-0.15, -0.1) is 0 Å². The SMILES string of the molecule is CC1(C)c2ccccc2-c2ccc3c(c21)C(C)(C)C1N3c2ccc(-c3ccccc3-c3ccccc3)cc2C1(C)C. The highest BCUT2D eigenvalue weighted by molar-refractivity contribution is 5.92. The van der Waals surface area contributed by atoms with Crippen LogP contribution in [0.5, 0.6) is 0 Å². The molecule has 0 radical (unpaired) electrons. The molecule has 1 heteroatoms. The average Bonchev–Trinajstić information content (AvgIpc) is 3.48. The molecule has 202 valence electrons. The summed E-state index contributed by atoms with van der Waals surface area (Å²) in [7, 11) is 0. The Morgan fingerprint density at radius 1 is 0.463 bits per heavy atom. The van der Waals surface area contributed by atoms with E-state index in [1.165, 1.54) is 61.4 Å². The second kappa shape index (κ2) is 8.01. The van der Waals surface area contributed by atoms with Gasteiger partial charge in [-0.25, -0.2) is 0 Å². The van der Waals surface area contributed by atoms with Crippen molar-refractivity contribution in [1.82, 2.24) is 0 Å². The van der Waals surface area contributed by atoms with E-state index < -0.39 is 0 Å². The van der Waals surface area contributed by atoms with Crippen molar-refractivity contribution in [2.45, 2.75) is 63.8 Å². The lowest BCUT2D eigenvalue weighted by molar-refractivity contribution is 0.319. The molecule has 0 bridgehead atoms. The quantitative estimate of drug-likeness (QED) is 0.219. The Balaban J connectivity index is 1.32. The Bertz CT molecular complexity index is 1870. The van der Waals surface area contributed by atoms with Gasteiger partial charge in [0.1, 0.15) is 0 Å². The van der Waals surface area contributed by atoms with Gasteiger partial charge < -0.3 is 4.90 Å². The van der Waals surface area contributed by atoms with Gasteiger partial charge in [0.2, 0.25) is 0 Å². The van der Waals surface area contributed by atoms with Crippen LogP contribution in [-0.4, -0.2) is 6.04 Å². The maximum Gasteiger partial charge on any atom is 0.0526 e. The van der Waals surface area contributed by atoms with Gasteiger partial charge in [-0.2, -0.15) is 0 Å². The fourth-order valence-electron chi connectivity index (χ4n) is 8.99. The molecule has 3 aliphatic rings. The van der Waals surface area contributed by atoms with Gasteiger partial charge in [0, 0.05) is 27.6 Å². The molecule has 5 aromatic rings. The lowest BCUT2D eigenvalue weighted by atomic mass is 9.64. The van der Waals surface area contributed by atoms with Gasteiger partial charge in [-0.1, -0.05) is 133 Å². The molecule has 0 amide bonds. The number of rotatable bonds is 2. The van der Waals surface area contributed by atoms with Crippen LogP contribution in [0.15, 0.2) is 109 Å². The third kappa shape index (κ3) is 3.07. The first-order chi connectivity index (χ1) is 19.6. The molecule has 0 spiro atoms. The van der Waals surface area contributed by atoms with Gasteiger partial charge in [0.05, 0.1) is 6.04 Å². The van der Waals surface area contributed by atoms with Crippen molar-refractivity contribution in [3.05, 3.63) is 131 Å². The van der Waals surface area contributed by atoms with E-state index in [2.05, 4.69) is 156 Å². The van der Waals surface area contributed by atoms with Gasteiger partial charge >= 0.3 is 0 Å². The fraction of sp³-hybridized carbons (Fsp3) is 0.250. The molecule has 1 aliphatic carbocycles. The van der Waals surface area contributed by atoms with Gasteiger partial charge in [0.15, 0.2) is 0 Å². The largest absolute Gasteiger partial charge is 0.336 e. The average molecular weight is 532 g/mol. The Morgan fingerprint density at radius 2 is 1.07 bits per heavy atom. The second-order valence-corrected chi connectivity index (χ2v) is 13.9. The molecular weight excluding hydrogens is 494 g/mol. The highest BCUT2D eigenvalue weighted by Gasteiger charge is 2.59. The molecule has 0 fully saturated rings. The van der Waals surface area contributed by atoms with Gasteiger partial charge in [-0.05, 0) is 73.8 Å². The fourth-order valence-corrected chi connectivity index (χ4v) is 8.99. The van der Waals surface area contributed by atoms with Crippen LogP contribution in [0, 0.1) is 0 Å². The van der Waals surface area contributed by atoms with E-state index in [4.69, 9.17) is 0 Å². The summed E-state index contributed by atoms with van der Waals surface area (Å²) in [5, 5.41) is 0. The number of hydrogen-bond donors (Lipinski definition) is 0. The Morgan fingerprint density at radius 3 is 1.80 bits per heavy atom. The summed E-state index contributed by atoms with van der Waals surface area (Å²) in [6.07, 6.45) is 0. The standard InChI is InChI=1S/C40H37N/c1-38(2)31-19-13-12-18-29(31)30-21-23-34-36(35(30)38)40(5,6)37-39(3,4)32-24-26(20-22-33(32)41(34)37)28-17-11-10-16-27(28)25-14-8-7-9-15-25/h7-24,37H,1-6H3. The predicted octanol–water partition coefficient (Wildman–Crippen LogP) is 10.4. The molecule has 41 heavy (non-hydrogen) atoms. The number of benzene rings is 5. The van der Waals surface area contributed by atoms with E-state index in [0.717, 1.165) is 0 Å². The highest BCUT2D eigenvalue weighted by Crippen LogP contribution is 2.65. The summed E-state index contributed by atoms with van der Waals surface area (Å²) in [5.41, 5.74) is 16.6. The Hall–Kier alpha value is -4.10. The first-order valence-corrected chi connectivity index (χ1v) is 15.0. The smallest absolute Gasteiger partial charge is 0.0526 e. The van der Waals surface area contributed by atoms with Crippen molar-refractivity contribution in [2.75, 3.05) is 4.90 Å². The summed E-state index contributed by atoms with van der Waals surface area (Å²) in [6.45, 7) is 14.8. The van der Waals surface area contributed by atoms with Crippen LogP contribution in [0.4, 0.5) is 11.4 Å². The van der Waals surface area contributed by atoms with E-state index in [1.54, 1.807) is 5.56 Å². The monoisotopic (exact) mass is 531 g/mol. The van der Waals surface area contributed by atoms with Gasteiger partial charge in [0.25, 0.3) is 0 Å². The normalized spacial score (nSPS) is 19.8. The molecule has 1 unspecified atom stereocenters. The van der Waals surface area contributed by atoms with Crippen molar-refractivity contribution in [1.29, 1.82) is 0 Å². The minimum absolute atomic E-state index is 0.0216. The van der Waals surface area contributed by atoms with Crippen LogP contribution in [0.25, 0.3) is 33.4 Å². The topological polar surface area (TPSA) is 3.24 Å². The molecule has 0 aromatic heterocycles. The zero-order chi connectivity index (χ0) is 28.3. The molecule has 8 rings (SSSR count). The number of hydrogen-bond acceptors (Lipinski definition) is 1. The van der Waals surface area contributed by atoms with E-state index >= 15 is 0 Å². The first kappa shape index (κ1) is 24.7. The van der Waals surface area contributed by atoms with Crippen LogP contribution in [-0.2, 0) is 16.2 Å². The van der Waals surface area contributed by atoms with Crippen molar-refractivity contribution >= 4 is 11.4 Å². The molecular formula is C40H37N. The first-order valence-electron chi connectivity index (χ1n) is 15.0. The number of anilines is 2. The second-order valence-electron chi connectivity index (χ2n) is 13.9. The lowest BCUT2D eigenvalue weighted by Gasteiger charge is -2.39. The van der Waals surface area contributed by atoms with Gasteiger partial charge in [-0.3, -0.25) is 0 Å². The van der Waals surface area contributed by atoms with Crippen LogP contribution in [0.3, 0.4) is 0 Å². The van der Waals surface area contributed by atoms with Crippen LogP contribution in [0.2, 0.25) is 0 Å². The third-order valence-electron chi connectivity index (χ3n) is 10.5. The summed E-state index contributed by atoms with van der Waals surface area (Å²) in [5.74, 6) is 0. The summed E-state index contributed by atoms with van der Waals surface area (Å²) >= 11 is 0. The number of nitrogens with zero attached hydrogens (tertiary/aromatic N) is 1. The molecule has 1 nitrogen and oxygen atoms in total. The molecule has 0 N–H and O–H groups in total. The maximum atomic E-state index is 2.69. The number of fused-ring (bicyclic) bond motifs is 9. The highest BCUT2D eigenvalue weighted by atomic mass is 15.2. The molecule has 1 atom stereocenters. The van der Waals surface area contributed by atoms with Crippen molar-refractivity contribution in [2.24, 2.45) is 0 Å². The zero-order valence-corrected chi connectivity index (χ0v) is 24.9. The summed E-state index contributed by atoms with van der Waals surface area (Å²) in [4.78, 5) is 2.69. The minimum atomic E-state index is -0.0297. The van der Waals surface area contributed by atoms with Crippen molar-refractivity contribution in [3.63, 3.8) is 0 Å². The Labute approximate surface area is 244 Å². The van der Waals surface area contributed by atoms with Crippen LogP contribution < -0.4 is 4.90 Å². The van der Waals surface area contributed by atoms with E-state index in [-0.39, 0.29) is 16.2 Å². The molecule has 2 heterocycles. The Kier molecular flexibility index (Phi) is 4.82.